The van der Waals surface area contributed by atoms with Crippen molar-refractivity contribution in [3.8, 4) is 34.1 Å². The molecule has 0 aliphatic carbocycles. The van der Waals surface area contributed by atoms with E-state index in [1.54, 1.807) is 7.11 Å². The third-order valence-electron chi connectivity index (χ3n) is 5.79. The molecule has 33 heavy (non-hydrogen) atoms. The SMILES string of the molecule is COc1cc2c(-c3ccc4c(c3)OCO4)c3c(nc2cc1OCc1ccccc1)COC3=O. The number of aromatic nitrogens is 1. The number of methoxy groups -OCH3 is 1. The van der Waals surface area contributed by atoms with Crippen LogP contribution in [-0.2, 0) is 18.0 Å². The number of fused-ring (bicyclic) bond motifs is 3. The maximum Gasteiger partial charge on any atom is 0.341 e. The third kappa shape index (κ3) is 3.29. The quantitative estimate of drug-likeness (QED) is 0.408. The lowest BCUT2D eigenvalue weighted by Gasteiger charge is -2.15. The van der Waals surface area contributed by atoms with Gasteiger partial charge in [0.25, 0.3) is 0 Å². The minimum absolute atomic E-state index is 0.133. The maximum atomic E-state index is 12.6. The van der Waals surface area contributed by atoms with Crippen LogP contribution in [0.3, 0.4) is 0 Å². The Hall–Kier alpha value is -4.26. The van der Waals surface area contributed by atoms with E-state index in [-0.39, 0.29) is 13.4 Å². The van der Waals surface area contributed by atoms with Gasteiger partial charge >= 0.3 is 5.97 Å². The number of carbonyl (C=O) groups is 1. The number of ether oxygens (including phenoxy) is 5. The van der Waals surface area contributed by atoms with Crippen LogP contribution in [0.25, 0.3) is 22.0 Å². The predicted octanol–water partition coefficient (Wildman–Crippen LogP) is 4.89. The minimum atomic E-state index is -0.393. The second-order valence-corrected chi connectivity index (χ2v) is 7.75. The molecule has 0 unspecified atom stereocenters. The molecule has 0 fully saturated rings. The summed E-state index contributed by atoms with van der Waals surface area (Å²) in [6, 6.07) is 19.2. The number of nitrogens with zero attached hydrogens (tertiary/aromatic N) is 1. The van der Waals surface area contributed by atoms with Crippen molar-refractivity contribution in [2.75, 3.05) is 13.9 Å². The summed E-state index contributed by atoms with van der Waals surface area (Å²) in [6.45, 7) is 0.699. The molecule has 0 bridgehead atoms. The monoisotopic (exact) mass is 441 g/mol. The lowest BCUT2D eigenvalue weighted by Crippen LogP contribution is -2.02. The van der Waals surface area contributed by atoms with Gasteiger partial charge in [-0.05, 0) is 29.3 Å². The molecule has 7 nitrogen and oxygen atoms in total. The number of cyclic esters (lactones) is 1. The van der Waals surface area contributed by atoms with Crippen molar-refractivity contribution in [3.63, 3.8) is 0 Å². The second-order valence-electron chi connectivity index (χ2n) is 7.75. The van der Waals surface area contributed by atoms with Gasteiger partial charge in [0.2, 0.25) is 6.79 Å². The second kappa shape index (κ2) is 7.70. The van der Waals surface area contributed by atoms with Crippen LogP contribution in [0.15, 0.2) is 60.7 Å². The van der Waals surface area contributed by atoms with Crippen molar-refractivity contribution in [2.45, 2.75) is 13.2 Å². The van der Waals surface area contributed by atoms with Crippen LogP contribution < -0.4 is 18.9 Å². The van der Waals surface area contributed by atoms with Crippen molar-refractivity contribution in [1.29, 1.82) is 0 Å². The Labute approximate surface area is 189 Å². The average molecular weight is 441 g/mol. The molecule has 4 aromatic rings. The number of pyridine rings is 1. The van der Waals surface area contributed by atoms with Gasteiger partial charge in [-0.1, -0.05) is 36.4 Å². The summed E-state index contributed by atoms with van der Waals surface area (Å²) in [6.07, 6.45) is 0. The Morgan fingerprint density at radius 2 is 1.76 bits per heavy atom. The molecule has 164 valence electrons. The van der Waals surface area contributed by atoms with Crippen LogP contribution >= 0.6 is 0 Å². The Morgan fingerprint density at radius 3 is 2.61 bits per heavy atom. The smallest absolute Gasteiger partial charge is 0.341 e. The first-order valence-corrected chi connectivity index (χ1v) is 10.5. The summed E-state index contributed by atoms with van der Waals surface area (Å²) < 4.78 is 28.0. The first kappa shape index (κ1) is 19.4. The standard InChI is InChI=1S/C26H19NO6/c1-29-21-10-17-18(11-23(21)30-12-15-5-3-2-4-6-15)27-19-13-31-26(28)25(19)24(17)16-7-8-20-22(9-16)33-14-32-20/h2-11H,12-14H2,1H3. The zero-order chi connectivity index (χ0) is 22.4. The van der Waals surface area contributed by atoms with E-state index in [1.807, 2.05) is 60.7 Å². The molecule has 2 aliphatic rings. The van der Waals surface area contributed by atoms with E-state index in [2.05, 4.69) is 0 Å². The van der Waals surface area contributed by atoms with Crippen LogP contribution in [0.4, 0.5) is 0 Å². The number of benzene rings is 3. The summed E-state index contributed by atoms with van der Waals surface area (Å²) in [5.41, 5.74) is 4.32. The van der Waals surface area contributed by atoms with E-state index in [0.717, 1.165) is 22.1 Å². The van der Waals surface area contributed by atoms with Gasteiger partial charge in [-0.3, -0.25) is 0 Å². The summed E-state index contributed by atoms with van der Waals surface area (Å²) in [5.74, 6) is 2.03. The van der Waals surface area contributed by atoms with Gasteiger partial charge in [-0.2, -0.15) is 0 Å². The summed E-state index contributed by atoms with van der Waals surface area (Å²) in [4.78, 5) is 17.4. The molecule has 0 saturated carbocycles. The minimum Gasteiger partial charge on any atom is -0.493 e. The zero-order valence-corrected chi connectivity index (χ0v) is 17.8. The molecule has 0 atom stereocenters. The highest BCUT2D eigenvalue weighted by Gasteiger charge is 2.30. The Bertz CT molecular complexity index is 1400. The van der Waals surface area contributed by atoms with Crippen molar-refractivity contribution in [1.82, 2.24) is 4.98 Å². The van der Waals surface area contributed by atoms with Gasteiger partial charge in [0.05, 0.1) is 23.9 Å². The fourth-order valence-corrected chi connectivity index (χ4v) is 4.21. The molecule has 2 aliphatic heterocycles. The third-order valence-corrected chi connectivity index (χ3v) is 5.79. The Morgan fingerprint density at radius 1 is 0.909 bits per heavy atom. The average Bonchev–Trinajstić information content (AvgIpc) is 3.47. The van der Waals surface area contributed by atoms with Gasteiger partial charge in [-0.15, -0.1) is 0 Å². The molecule has 7 heteroatoms. The molecule has 3 aromatic carbocycles. The van der Waals surface area contributed by atoms with E-state index in [9.17, 15) is 4.79 Å². The summed E-state index contributed by atoms with van der Waals surface area (Å²) in [5, 5.41) is 0.760. The molecule has 6 rings (SSSR count). The van der Waals surface area contributed by atoms with Crippen molar-refractivity contribution in [3.05, 3.63) is 77.5 Å². The van der Waals surface area contributed by atoms with Gasteiger partial charge in [0.15, 0.2) is 23.0 Å². The van der Waals surface area contributed by atoms with Gasteiger partial charge < -0.3 is 23.7 Å². The predicted molar refractivity (Wildman–Crippen MR) is 120 cm³/mol. The molecule has 1 aromatic heterocycles. The van der Waals surface area contributed by atoms with Crippen molar-refractivity contribution >= 4 is 16.9 Å². The molecule has 3 heterocycles. The normalized spacial score (nSPS) is 13.7. The topological polar surface area (TPSA) is 76.1 Å². The molecule has 0 spiro atoms. The lowest BCUT2D eigenvalue weighted by molar-refractivity contribution is 0.0534. The Kier molecular flexibility index (Phi) is 4.54. The van der Waals surface area contributed by atoms with Crippen LogP contribution in [0.1, 0.15) is 21.6 Å². The first-order valence-electron chi connectivity index (χ1n) is 10.5. The van der Waals surface area contributed by atoms with Gasteiger partial charge in [0.1, 0.15) is 13.2 Å². The van der Waals surface area contributed by atoms with Crippen molar-refractivity contribution in [2.24, 2.45) is 0 Å². The molecular formula is C26H19NO6. The fourth-order valence-electron chi connectivity index (χ4n) is 4.21. The van der Waals surface area contributed by atoms with E-state index < -0.39 is 5.97 Å². The van der Waals surface area contributed by atoms with Crippen molar-refractivity contribution < 1.29 is 28.5 Å². The first-order chi connectivity index (χ1) is 16.2. The van der Waals surface area contributed by atoms with E-state index in [1.165, 1.54) is 0 Å². The summed E-state index contributed by atoms with van der Waals surface area (Å²) >= 11 is 0. The Balaban J connectivity index is 1.52. The molecule has 0 radical (unpaired) electrons. The van der Waals surface area contributed by atoms with Crippen LogP contribution in [0, 0.1) is 0 Å². The number of esters is 1. The van der Waals surface area contributed by atoms with Gasteiger partial charge in [-0.25, -0.2) is 9.78 Å². The van der Waals surface area contributed by atoms with E-state index in [0.29, 0.717) is 46.4 Å². The molecule has 0 amide bonds. The molecule has 0 N–H and O–H groups in total. The molecule has 0 saturated heterocycles. The largest absolute Gasteiger partial charge is 0.493 e. The van der Waals surface area contributed by atoms with E-state index in [4.69, 9.17) is 28.7 Å². The molecular weight excluding hydrogens is 422 g/mol. The number of hydrogen-bond donors (Lipinski definition) is 0. The van der Waals surface area contributed by atoms with Crippen LogP contribution in [-0.4, -0.2) is 24.9 Å². The number of carbonyl (C=O) groups excluding carboxylic acids is 1. The maximum absolute atomic E-state index is 12.6. The van der Waals surface area contributed by atoms with E-state index >= 15 is 0 Å². The lowest BCUT2D eigenvalue weighted by atomic mass is 9.94. The summed E-state index contributed by atoms with van der Waals surface area (Å²) in [7, 11) is 1.59. The highest BCUT2D eigenvalue weighted by atomic mass is 16.7. The highest BCUT2D eigenvalue weighted by Crippen LogP contribution is 2.44. The zero-order valence-electron chi connectivity index (χ0n) is 17.8. The van der Waals surface area contributed by atoms with Gasteiger partial charge in [0, 0.05) is 17.0 Å². The fraction of sp³-hybridized carbons (Fsp3) is 0.154. The van der Waals surface area contributed by atoms with Crippen LogP contribution in [0.5, 0.6) is 23.0 Å². The highest BCUT2D eigenvalue weighted by molar-refractivity contribution is 6.09. The van der Waals surface area contributed by atoms with Crippen LogP contribution in [0.2, 0.25) is 0 Å². The number of hydrogen-bond acceptors (Lipinski definition) is 7. The number of rotatable bonds is 5.